The van der Waals surface area contributed by atoms with Crippen molar-refractivity contribution in [3.8, 4) is 0 Å². The summed E-state index contributed by atoms with van der Waals surface area (Å²) in [6.07, 6.45) is 13.6. The molecule has 20 heavy (non-hydrogen) atoms. The van der Waals surface area contributed by atoms with Crippen molar-refractivity contribution in [2.75, 3.05) is 19.6 Å². The van der Waals surface area contributed by atoms with Crippen molar-refractivity contribution in [1.29, 1.82) is 0 Å². The molecule has 3 heteroatoms. The first-order valence-corrected chi connectivity index (χ1v) is 8.44. The van der Waals surface area contributed by atoms with Gasteiger partial charge in [0.25, 0.3) is 0 Å². The van der Waals surface area contributed by atoms with E-state index in [4.69, 9.17) is 0 Å². The third-order valence-corrected chi connectivity index (χ3v) is 5.29. The molecule has 0 amide bonds. The van der Waals surface area contributed by atoms with Crippen molar-refractivity contribution >= 4 is 0 Å². The monoisotopic (exact) mass is 275 g/mol. The summed E-state index contributed by atoms with van der Waals surface area (Å²) in [4.78, 5) is 2.69. The molecular formula is C17H29N3. The van der Waals surface area contributed by atoms with Crippen LogP contribution in [0.15, 0.2) is 12.4 Å². The normalized spacial score (nSPS) is 23.7. The minimum atomic E-state index is 0.631. The van der Waals surface area contributed by atoms with Gasteiger partial charge >= 0.3 is 0 Å². The Bertz CT molecular complexity index is 425. The molecule has 1 aromatic rings. The summed E-state index contributed by atoms with van der Waals surface area (Å²) >= 11 is 0. The SMILES string of the molecule is CCCc1cnn(C2CCN(CC3(C)CCC3)CC2)c1. The summed E-state index contributed by atoms with van der Waals surface area (Å²) in [5.74, 6) is 0. The molecule has 3 rings (SSSR count). The van der Waals surface area contributed by atoms with Crippen LogP contribution in [0.4, 0.5) is 0 Å². The van der Waals surface area contributed by atoms with Crippen molar-refractivity contribution in [2.24, 2.45) is 5.41 Å². The maximum atomic E-state index is 4.58. The zero-order valence-electron chi connectivity index (χ0n) is 13.1. The van der Waals surface area contributed by atoms with Crippen molar-refractivity contribution in [3.05, 3.63) is 18.0 Å². The Morgan fingerprint density at radius 2 is 2.05 bits per heavy atom. The van der Waals surface area contributed by atoms with Crippen LogP contribution in [0.2, 0.25) is 0 Å². The molecule has 0 radical (unpaired) electrons. The van der Waals surface area contributed by atoms with Crippen molar-refractivity contribution in [3.63, 3.8) is 0 Å². The number of piperidine rings is 1. The van der Waals surface area contributed by atoms with Crippen molar-refractivity contribution in [2.45, 2.75) is 64.8 Å². The van der Waals surface area contributed by atoms with E-state index in [2.05, 4.69) is 40.9 Å². The van der Waals surface area contributed by atoms with Gasteiger partial charge in [0.15, 0.2) is 0 Å². The van der Waals surface area contributed by atoms with Crippen molar-refractivity contribution < 1.29 is 0 Å². The Hall–Kier alpha value is -0.830. The van der Waals surface area contributed by atoms with Crippen LogP contribution in [0, 0.1) is 5.41 Å². The largest absolute Gasteiger partial charge is 0.303 e. The van der Waals surface area contributed by atoms with Gasteiger partial charge in [0, 0.05) is 25.8 Å². The Kier molecular flexibility index (Phi) is 4.16. The van der Waals surface area contributed by atoms with Crippen LogP contribution >= 0.6 is 0 Å². The van der Waals surface area contributed by atoms with Crippen LogP contribution < -0.4 is 0 Å². The van der Waals surface area contributed by atoms with E-state index in [0.29, 0.717) is 11.5 Å². The predicted molar refractivity (Wildman–Crippen MR) is 82.9 cm³/mol. The number of rotatable bonds is 5. The molecule has 1 saturated carbocycles. The van der Waals surface area contributed by atoms with Gasteiger partial charge in [0.05, 0.1) is 12.2 Å². The molecule has 0 aromatic carbocycles. The van der Waals surface area contributed by atoms with Crippen LogP contribution in [0.5, 0.6) is 0 Å². The number of nitrogens with zero attached hydrogens (tertiary/aromatic N) is 3. The third-order valence-electron chi connectivity index (χ3n) is 5.29. The van der Waals surface area contributed by atoms with E-state index in [1.807, 2.05) is 0 Å². The number of aryl methyl sites for hydroxylation is 1. The predicted octanol–water partition coefficient (Wildman–Crippen LogP) is 3.66. The summed E-state index contributed by atoms with van der Waals surface area (Å²) in [5, 5.41) is 4.58. The Labute approximate surface area is 123 Å². The second-order valence-electron chi connectivity index (χ2n) is 7.25. The van der Waals surface area contributed by atoms with E-state index < -0.39 is 0 Å². The van der Waals surface area contributed by atoms with E-state index in [1.165, 1.54) is 63.7 Å². The Balaban J connectivity index is 1.50. The molecule has 0 atom stereocenters. The van der Waals surface area contributed by atoms with E-state index in [9.17, 15) is 0 Å². The number of aromatic nitrogens is 2. The van der Waals surface area contributed by atoms with Gasteiger partial charge in [0.2, 0.25) is 0 Å². The van der Waals surface area contributed by atoms with Crippen LogP contribution in [0.3, 0.4) is 0 Å². The lowest BCUT2D eigenvalue weighted by atomic mass is 9.70. The molecule has 1 aliphatic carbocycles. The summed E-state index contributed by atoms with van der Waals surface area (Å²) in [6.45, 7) is 8.52. The maximum absolute atomic E-state index is 4.58. The lowest BCUT2D eigenvalue weighted by Crippen LogP contribution is -2.44. The summed E-state index contributed by atoms with van der Waals surface area (Å²) in [5.41, 5.74) is 2.03. The number of hydrogen-bond acceptors (Lipinski definition) is 2. The summed E-state index contributed by atoms with van der Waals surface area (Å²) in [7, 11) is 0. The molecule has 112 valence electrons. The molecule has 2 fully saturated rings. The molecule has 0 bridgehead atoms. The van der Waals surface area contributed by atoms with Crippen LogP contribution in [0.25, 0.3) is 0 Å². The van der Waals surface area contributed by atoms with E-state index >= 15 is 0 Å². The van der Waals surface area contributed by atoms with Gasteiger partial charge in [-0.2, -0.15) is 5.10 Å². The number of hydrogen-bond donors (Lipinski definition) is 0. The highest BCUT2D eigenvalue weighted by Crippen LogP contribution is 2.41. The first-order valence-electron chi connectivity index (χ1n) is 8.44. The topological polar surface area (TPSA) is 21.1 Å². The first kappa shape index (κ1) is 14.1. The highest BCUT2D eigenvalue weighted by atomic mass is 15.3. The van der Waals surface area contributed by atoms with Crippen LogP contribution in [-0.4, -0.2) is 34.3 Å². The average molecular weight is 275 g/mol. The van der Waals surface area contributed by atoms with Crippen LogP contribution in [0.1, 0.15) is 64.0 Å². The summed E-state index contributed by atoms with van der Waals surface area (Å²) in [6, 6.07) is 0.631. The Morgan fingerprint density at radius 1 is 1.30 bits per heavy atom. The first-order chi connectivity index (χ1) is 9.68. The van der Waals surface area contributed by atoms with Gasteiger partial charge in [-0.25, -0.2) is 0 Å². The van der Waals surface area contributed by atoms with Crippen molar-refractivity contribution in [1.82, 2.24) is 14.7 Å². The number of likely N-dealkylation sites (tertiary alicyclic amines) is 1. The lowest BCUT2D eigenvalue weighted by molar-refractivity contribution is 0.0637. The van der Waals surface area contributed by atoms with Gasteiger partial charge in [-0.3, -0.25) is 4.68 Å². The van der Waals surface area contributed by atoms with Gasteiger partial charge in [-0.1, -0.05) is 26.7 Å². The molecule has 1 aromatic heterocycles. The van der Waals surface area contributed by atoms with Crippen LogP contribution in [-0.2, 0) is 6.42 Å². The lowest BCUT2D eigenvalue weighted by Gasteiger charge is -2.44. The zero-order chi connectivity index (χ0) is 14.0. The molecule has 2 aliphatic rings. The molecule has 0 N–H and O–H groups in total. The fourth-order valence-corrected chi connectivity index (χ4v) is 3.82. The molecule has 2 heterocycles. The molecule has 3 nitrogen and oxygen atoms in total. The van der Waals surface area contributed by atoms with E-state index in [1.54, 1.807) is 0 Å². The average Bonchev–Trinajstić information content (AvgIpc) is 2.87. The minimum absolute atomic E-state index is 0.631. The summed E-state index contributed by atoms with van der Waals surface area (Å²) < 4.78 is 2.23. The zero-order valence-corrected chi connectivity index (χ0v) is 13.1. The van der Waals surface area contributed by atoms with Gasteiger partial charge < -0.3 is 4.90 Å². The molecule has 1 aliphatic heterocycles. The molecule has 1 saturated heterocycles. The van der Waals surface area contributed by atoms with Gasteiger partial charge in [-0.15, -0.1) is 0 Å². The Morgan fingerprint density at radius 3 is 2.65 bits per heavy atom. The smallest absolute Gasteiger partial charge is 0.0543 e. The fraction of sp³-hybridized carbons (Fsp3) is 0.824. The quantitative estimate of drug-likeness (QED) is 0.817. The van der Waals surface area contributed by atoms with Gasteiger partial charge in [-0.05, 0) is 43.1 Å². The molecule has 0 unspecified atom stereocenters. The highest BCUT2D eigenvalue weighted by molar-refractivity contribution is 5.04. The maximum Gasteiger partial charge on any atom is 0.0543 e. The fourth-order valence-electron chi connectivity index (χ4n) is 3.82. The second kappa shape index (κ2) is 5.88. The second-order valence-corrected chi connectivity index (χ2v) is 7.25. The molecular weight excluding hydrogens is 246 g/mol. The third kappa shape index (κ3) is 3.08. The molecule has 0 spiro atoms. The van der Waals surface area contributed by atoms with E-state index in [0.717, 1.165) is 6.42 Å². The highest BCUT2D eigenvalue weighted by Gasteiger charge is 2.34. The standard InChI is InChI=1S/C17H29N3/c1-3-5-15-12-18-20(13-15)16-6-10-19(11-7-16)14-17(2)8-4-9-17/h12-13,16H,3-11,14H2,1-2H3. The van der Waals surface area contributed by atoms with Gasteiger partial charge in [0.1, 0.15) is 0 Å². The minimum Gasteiger partial charge on any atom is -0.303 e. The van der Waals surface area contributed by atoms with E-state index in [-0.39, 0.29) is 0 Å².